The average molecular weight is 338 g/mol. The van der Waals surface area contributed by atoms with Crippen molar-refractivity contribution >= 4 is 17.2 Å². The summed E-state index contributed by atoms with van der Waals surface area (Å²) in [5, 5.41) is 7.20. The number of hydrogen-bond acceptors (Lipinski definition) is 4. The van der Waals surface area contributed by atoms with E-state index in [9.17, 15) is 4.79 Å². The number of hydrogen-bond donors (Lipinski definition) is 1. The Kier molecular flexibility index (Phi) is 3.90. The molecule has 0 unspecified atom stereocenters. The van der Waals surface area contributed by atoms with Crippen molar-refractivity contribution in [3.05, 3.63) is 63.9 Å². The van der Waals surface area contributed by atoms with Crippen LogP contribution in [-0.4, -0.2) is 20.7 Å². The third kappa shape index (κ3) is 2.85. The number of nitrogens with one attached hydrogen (secondary N) is 1. The number of carbonyl (C=O) groups is 1. The average Bonchev–Trinajstić information content (AvgIpc) is 3.31. The lowest BCUT2D eigenvalue weighted by Crippen LogP contribution is -2.25. The summed E-state index contributed by atoms with van der Waals surface area (Å²) < 4.78 is 1.71. The summed E-state index contributed by atoms with van der Waals surface area (Å²) in [7, 11) is 0. The van der Waals surface area contributed by atoms with E-state index < -0.39 is 0 Å². The van der Waals surface area contributed by atoms with Gasteiger partial charge < -0.3 is 5.32 Å². The van der Waals surface area contributed by atoms with Gasteiger partial charge in [-0.2, -0.15) is 5.10 Å². The Hall–Kier alpha value is -2.47. The summed E-state index contributed by atoms with van der Waals surface area (Å²) in [6.45, 7) is 2.00. The molecule has 122 valence electrons. The van der Waals surface area contributed by atoms with Gasteiger partial charge in [0.25, 0.3) is 5.91 Å². The van der Waals surface area contributed by atoms with Crippen LogP contribution in [-0.2, 0) is 12.8 Å². The molecule has 5 nitrogen and oxygen atoms in total. The van der Waals surface area contributed by atoms with Crippen molar-refractivity contribution in [3.8, 4) is 5.69 Å². The lowest BCUT2D eigenvalue weighted by molar-refractivity contribution is 0.0944. The second-order valence-electron chi connectivity index (χ2n) is 6.04. The Morgan fingerprint density at radius 3 is 2.83 bits per heavy atom. The Balaban J connectivity index is 1.45. The zero-order valence-electron chi connectivity index (χ0n) is 13.4. The number of carbonyl (C=O) groups excluding carboxylic acids is 1. The lowest BCUT2D eigenvalue weighted by atomic mass is 10.1. The van der Waals surface area contributed by atoms with E-state index in [2.05, 4.69) is 21.5 Å². The lowest BCUT2D eigenvalue weighted by Gasteiger charge is -2.14. The predicted octanol–water partition coefficient (Wildman–Crippen LogP) is 3.31. The zero-order chi connectivity index (χ0) is 16.5. The summed E-state index contributed by atoms with van der Waals surface area (Å²) >= 11 is 1.64. The van der Waals surface area contributed by atoms with Crippen LogP contribution in [0, 0.1) is 0 Å². The molecule has 24 heavy (non-hydrogen) atoms. The van der Waals surface area contributed by atoms with E-state index >= 15 is 0 Å². The highest BCUT2D eigenvalue weighted by atomic mass is 32.1. The van der Waals surface area contributed by atoms with Crippen LogP contribution < -0.4 is 5.32 Å². The standard InChI is InChI=1S/C18H18N4OS/c1-12(13-5-7-15(8-6-13)22-11-19-10-20-22)21-18(23)17-9-14-3-2-4-16(14)24-17/h5-12H,2-4H2,1H3,(H,21,23)/t12-/m0/s1. The molecule has 0 fully saturated rings. The quantitative estimate of drug-likeness (QED) is 0.794. The number of amides is 1. The van der Waals surface area contributed by atoms with Gasteiger partial charge in [0.05, 0.1) is 16.6 Å². The molecule has 1 amide bonds. The first-order valence-corrected chi connectivity index (χ1v) is 8.90. The van der Waals surface area contributed by atoms with Gasteiger partial charge in [-0.25, -0.2) is 9.67 Å². The van der Waals surface area contributed by atoms with Crippen LogP contribution in [0.1, 0.15) is 45.1 Å². The highest BCUT2D eigenvalue weighted by Crippen LogP contribution is 2.30. The minimum Gasteiger partial charge on any atom is -0.345 e. The second kappa shape index (κ2) is 6.20. The van der Waals surface area contributed by atoms with Crippen LogP contribution in [0.25, 0.3) is 5.69 Å². The van der Waals surface area contributed by atoms with Crippen LogP contribution >= 0.6 is 11.3 Å². The fourth-order valence-corrected chi connectivity index (χ4v) is 4.21. The first-order chi connectivity index (χ1) is 11.7. The fourth-order valence-electron chi connectivity index (χ4n) is 3.05. The van der Waals surface area contributed by atoms with Crippen molar-refractivity contribution in [1.82, 2.24) is 20.1 Å². The zero-order valence-corrected chi connectivity index (χ0v) is 14.2. The number of rotatable bonds is 4. The predicted molar refractivity (Wildman–Crippen MR) is 93.6 cm³/mol. The Morgan fingerprint density at radius 2 is 2.12 bits per heavy atom. The molecule has 2 heterocycles. The van der Waals surface area contributed by atoms with Gasteiger partial charge >= 0.3 is 0 Å². The minimum absolute atomic E-state index is 0.0160. The molecule has 0 spiro atoms. The Bertz CT molecular complexity index is 830. The van der Waals surface area contributed by atoms with Crippen LogP contribution in [0.3, 0.4) is 0 Å². The summed E-state index contributed by atoms with van der Waals surface area (Å²) in [4.78, 5) is 18.6. The van der Waals surface area contributed by atoms with E-state index in [-0.39, 0.29) is 11.9 Å². The largest absolute Gasteiger partial charge is 0.345 e. The highest BCUT2D eigenvalue weighted by Gasteiger charge is 2.19. The smallest absolute Gasteiger partial charge is 0.261 e. The first kappa shape index (κ1) is 15.1. The molecule has 1 N–H and O–H groups in total. The topological polar surface area (TPSA) is 59.8 Å². The molecule has 1 atom stereocenters. The van der Waals surface area contributed by atoms with Gasteiger partial charge in [-0.1, -0.05) is 12.1 Å². The molecule has 6 heteroatoms. The SMILES string of the molecule is C[C@H](NC(=O)c1cc2c(s1)CCC2)c1ccc(-n2cncn2)cc1. The molecule has 0 saturated heterocycles. The maximum absolute atomic E-state index is 12.5. The fraction of sp³-hybridized carbons (Fsp3) is 0.278. The van der Waals surface area contributed by atoms with Gasteiger partial charge in [0.1, 0.15) is 12.7 Å². The molecule has 0 saturated carbocycles. The van der Waals surface area contributed by atoms with Crippen LogP contribution in [0.15, 0.2) is 43.0 Å². The molecule has 1 aliphatic rings. The molecule has 3 aromatic rings. The van der Waals surface area contributed by atoms with E-state index in [0.29, 0.717) is 0 Å². The number of benzene rings is 1. The molecule has 0 radical (unpaired) electrons. The van der Waals surface area contributed by atoms with E-state index in [0.717, 1.165) is 29.0 Å². The van der Waals surface area contributed by atoms with Crippen molar-refractivity contribution in [1.29, 1.82) is 0 Å². The maximum Gasteiger partial charge on any atom is 0.261 e. The third-order valence-electron chi connectivity index (χ3n) is 4.39. The molecule has 2 aromatic heterocycles. The van der Waals surface area contributed by atoms with Crippen LogP contribution in [0.5, 0.6) is 0 Å². The molecular formula is C18H18N4OS. The van der Waals surface area contributed by atoms with Crippen molar-refractivity contribution in [2.24, 2.45) is 0 Å². The molecule has 4 rings (SSSR count). The van der Waals surface area contributed by atoms with E-state index in [1.807, 2.05) is 31.2 Å². The number of thiophene rings is 1. The van der Waals surface area contributed by atoms with Crippen molar-refractivity contribution < 1.29 is 4.79 Å². The van der Waals surface area contributed by atoms with Gasteiger partial charge in [-0.05, 0) is 55.5 Å². The normalized spacial score (nSPS) is 14.4. The summed E-state index contributed by atoms with van der Waals surface area (Å²) in [6, 6.07) is 9.99. The van der Waals surface area contributed by atoms with Crippen molar-refractivity contribution in [3.63, 3.8) is 0 Å². The Morgan fingerprint density at radius 1 is 1.29 bits per heavy atom. The van der Waals surface area contributed by atoms with Gasteiger partial charge in [0.2, 0.25) is 0 Å². The summed E-state index contributed by atoms with van der Waals surface area (Å²) in [5.41, 5.74) is 3.37. The van der Waals surface area contributed by atoms with Crippen molar-refractivity contribution in [2.45, 2.75) is 32.2 Å². The van der Waals surface area contributed by atoms with Crippen LogP contribution in [0.2, 0.25) is 0 Å². The number of aryl methyl sites for hydroxylation is 2. The molecule has 0 bridgehead atoms. The monoisotopic (exact) mass is 338 g/mol. The molecular weight excluding hydrogens is 320 g/mol. The number of fused-ring (bicyclic) bond motifs is 1. The van der Waals surface area contributed by atoms with E-state index in [1.165, 1.54) is 23.2 Å². The Labute approximate surface area is 144 Å². The summed E-state index contributed by atoms with van der Waals surface area (Å²) in [6.07, 6.45) is 6.62. The number of nitrogens with zero attached hydrogens (tertiary/aromatic N) is 3. The van der Waals surface area contributed by atoms with Crippen molar-refractivity contribution in [2.75, 3.05) is 0 Å². The number of aromatic nitrogens is 3. The minimum atomic E-state index is -0.0424. The van der Waals surface area contributed by atoms with Gasteiger partial charge in [0, 0.05) is 4.88 Å². The molecule has 1 aromatic carbocycles. The first-order valence-electron chi connectivity index (χ1n) is 8.08. The van der Waals surface area contributed by atoms with Crippen LogP contribution in [0.4, 0.5) is 0 Å². The third-order valence-corrected chi connectivity index (χ3v) is 5.63. The van der Waals surface area contributed by atoms with Gasteiger partial charge in [-0.15, -0.1) is 11.3 Å². The second-order valence-corrected chi connectivity index (χ2v) is 7.18. The highest BCUT2D eigenvalue weighted by molar-refractivity contribution is 7.14. The summed E-state index contributed by atoms with van der Waals surface area (Å²) in [5.74, 6) is 0.0160. The van der Waals surface area contributed by atoms with E-state index in [4.69, 9.17) is 0 Å². The molecule has 1 aliphatic carbocycles. The van der Waals surface area contributed by atoms with Gasteiger partial charge in [-0.3, -0.25) is 4.79 Å². The molecule has 0 aliphatic heterocycles. The van der Waals surface area contributed by atoms with E-state index in [1.54, 1.807) is 22.3 Å². The van der Waals surface area contributed by atoms with Gasteiger partial charge in [0.15, 0.2) is 0 Å². The maximum atomic E-state index is 12.5.